The Labute approximate surface area is 126 Å². The maximum atomic E-state index is 13.0. The summed E-state index contributed by atoms with van der Waals surface area (Å²) in [7, 11) is 1.66. The second kappa shape index (κ2) is 6.75. The Bertz CT molecular complexity index is 542. The molecule has 0 saturated carbocycles. The number of hydrogen-bond donors (Lipinski definition) is 1. The van der Waals surface area contributed by atoms with Crippen LogP contribution < -0.4 is 10.1 Å². The summed E-state index contributed by atoms with van der Waals surface area (Å²) in [6.07, 6.45) is 0.914. The fourth-order valence-corrected chi connectivity index (χ4v) is 2.43. The second-order valence-electron chi connectivity index (χ2n) is 4.15. The molecule has 0 radical (unpaired) electrons. The topological polar surface area (TPSA) is 21.3 Å². The molecule has 0 heterocycles. The number of halogens is 2. The van der Waals surface area contributed by atoms with Gasteiger partial charge >= 0.3 is 0 Å². The quantitative estimate of drug-likeness (QED) is 0.800. The minimum absolute atomic E-state index is 0.204. The van der Waals surface area contributed by atoms with Crippen molar-refractivity contribution in [1.82, 2.24) is 0 Å². The van der Waals surface area contributed by atoms with E-state index in [-0.39, 0.29) is 5.82 Å². The zero-order valence-electron chi connectivity index (χ0n) is 10.6. The van der Waals surface area contributed by atoms with Gasteiger partial charge in [0.15, 0.2) is 0 Å². The Morgan fingerprint density at radius 3 is 2.53 bits per heavy atom. The summed E-state index contributed by atoms with van der Waals surface area (Å²) in [5.41, 5.74) is 2.21. The van der Waals surface area contributed by atoms with Gasteiger partial charge in [-0.2, -0.15) is 0 Å². The van der Waals surface area contributed by atoms with Crippen molar-refractivity contribution in [1.29, 1.82) is 0 Å². The van der Waals surface area contributed by atoms with Crippen LogP contribution in [-0.2, 0) is 6.42 Å². The molecule has 0 atom stereocenters. The average Bonchev–Trinajstić information content (AvgIpc) is 2.42. The Kier molecular flexibility index (Phi) is 5.01. The molecule has 2 aromatic carbocycles. The monoisotopic (exact) mass is 371 g/mol. The van der Waals surface area contributed by atoms with Crippen molar-refractivity contribution in [2.45, 2.75) is 6.42 Å². The molecule has 0 saturated heterocycles. The molecule has 2 nitrogen and oxygen atoms in total. The summed E-state index contributed by atoms with van der Waals surface area (Å²) in [5.74, 6) is 0.662. The van der Waals surface area contributed by atoms with Crippen molar-refractivity contribution >= 4 is 28.3 Å². The lowest BCUT2D eigenvalue weighted by molar-refractivity contribution is 0.414. The van der Waals surface area contributed by atoms with Crippen LogP contribution in [0, 0.1) is 9.39 Å². The first kappa shape index (κ1) is 14.1. The second-order valence-corrected chi connectivity index (χ2v) is 5.31. The lowest BCUT2D eigenvalue weighted by Gasteiger charge is -2.09. The van der Waals surface area contributed by atoms with Gasteiger partial charge in [0.25, 0.3) is 0 Å². The predicted octanol–water partition coefficient (Wildman–Crippen LogP) is 4.09. The number of benzene rings is 2. The number of methoxy groups -OCH3 is 1. The van der Waals surface area contributed by atoms with E-state index in [1.807, 2.05) is 12.1 Å². The Morgan fingerprint density at radius 2 is 1.89 bits per heavy atom. The SMILES string of the molecule is COc1ccc(CCNc2ccc(F)cc2I)cc1. The number of ether oxygens (including phenoxy) is 1. The van der Waals surface area contributed by atoms with Crippen LogP contribution in [0.15, 0.2) is 42.5 Å². The molecule has 0 aliphatic heterocycles. The molecule has 0 aliphatic carbocycles. The van der Waals surface area contributed by atoms with Gasteiger partial charge in [0.2, 0.25) is 0 Å². The molecule has 0 aromatic heterocycles. The first-order valence-corrected chi connectivity index (χ1v) is 7.09. The zero-order valence-corrected chi connectivity index (χ0v) is 12.8. The third kappa shape index (κ3) is 4.09. The minimum atomic E-state index is -0.204. The van der Waals surface area contributed by atoms with Crippen molar-refractivity contribution in [2.24, 2.45) is 0 Å². The van der Waals surface area contributed by atoms with Crippen LogP contribution in [0.3, 0.4) is 0 Å². The van der Waals surface area contributed by atoms with Crippen LogP contribution in [0.25, 0.3) is 0 Å². The molecular weight excluding hydrogens is 356 g/mol. The largest absolute Gasteiger partial charge is 0.497 e. The first-order chi connectivity index (χ1) is 9.19. The minimum Gasteiger partial charge on any atom is -0.497 e. The molecule has 1 N–H and O–H groups in total. The van der Waals surface area contributed by atoms with E-state index in [0.29, 0.717) is 0 Å². The Balaban J connectivity index is 1.88. The van der Waals surface area contributed by atoms with Crippen LogP contribution in [0.4, 0.5) is 10.1 Å². The summed E-state index contributed by atoms with van der Waals surface area (Å²) >= 11 is 2.13. The van der Waals surface area contributed by atoms with Crippen LogP contribution in [0.1, 0.15) is 5.56 Å². The van der Waals surface area contributed by atoms with Gasteiger partial charge in [-0.05, 0) is 64.9 Å². The van der Waals surface area contributed by atoms with Crippen molar-refractivity contribution in [3.8, 4) is 5.75 Å². The molecule has 0 unspecified atom stereocenters. The van der Waals surface area contributed by atoms with Gasteiger partial charge < -0.3 is 10.1 Å². The highest BCUT2D eigenvalue weighted by atomic mass is 127. The van der Waals surface area contributed by atoms with Crippen molar-refractivity contribution in [3.63, 3.8) is 0 Å². The van der Waals surface area contributed by atoms with E-state index in [1.165, 1.54) is 17.7 Å². The molecule has 0 bridgehead atoms. The summed E-state index contributed by atoms with van der Waals surface area (Å²) in [6, 6.07) is 12.8. The van der Waals surface area contributed by atoms with Gasteiger partial charge in [-0.1, -0.05) is 12.1 Å². The van der Waals surface area contributed by atoms with E-state index in [2.05, 4.69) is 40.0 Å². The molecular formula is C15H15FINO. The average molecular weight is 371 g/mol. The lowest BCUT2D eigenvalue weighted by atomic mass is 10.1. The van der Waals surface area contributed by atoms with E-state index in [4.69, 9.17) is 4.74 Å². The molecule has 100 valence electrons. The van der Waals surface area contributed by atoms with Crippen molar-refractivity contribution < 1.29 is 9.13 Å². The van der Waals surface area contributed by atoms with Gasteiger partial charge in [-0.15, -0.1) is 0 Å². The van der Waals surface area contributed by atoms with Crippen LogP contribution in [-0.4, -0.2) is 13.7 Å². The van der Waals surface area contributed by atoms with Crippen LogP contribution in [0.5, 0.6) is 5.75 Å². The number of nitrogens with one attached hydrogen (secondary N) is 1. The van der Waals surface area contributed by atoms with E-state index < -0.39 is 0 Å². The summed E-state index contributed by atoms with van der Waals surface area (Å²) in [5, 5.41) is 3.31. The maximum absolute atomic E-state index is 13.0. The number of rotatable bonds is 5. The molecule has 2 aromatic rings. The molecule has 4 heteroatoms. The number of anilines is 1. The normalized spacial score (nSPS) is 10.3. The summed E-state index contributed by atoms with van der Waals surface area (Å²) in [4.78, 5) is 0. The molecule has 0 amide bonds. The maximum Gasteiger partial charge on any atom is 0.124 e. The van der Waals surface area contributed by atoms with Crippen LogP contribution in [0.2, 0.25) is 0 Å². The van der Waals surface area contributed by atoms with Gasteiger partial charge in [0.1, 0.15) is 11.6 Å². The Morgan fingerprint density at radius 1 is 1.16 bits per heavy atom. The standard InChI is InChI=1S/C15H15FINO/c1-19-13-5-2-11(3-6-13)8-9-18-15-7-4-12(16)10-14(15)17/h2-7,10,18H,8-9H2,1H3. The predicted molar refractivity (Wildman–Crippen MR) is 84.3 cm³/mol. The summed E-state index contributed by atoms with van der Waals surface area (Å²) in [6.45, 7) is 0.813. The number of hydrogen-bond acceptors (Lipinski definition) is 2. The highest BCUT2D eigenvalue weighted by molar-refractivity contribution is 14.1. The lowest BCUT2D eigenvalue weighted by Crippen LogP contribution is -2.06. The molecule has 2 rings (SSSR count). The van der Waals surface area contributed by atoms with E-state index in [9.17, 15) is 4.39 Å². The van der Waals surface area contributed by atoms with Crippen LogP contribution >= 0.6 is 22.6 Å². The molecule has 0 fully saturated rings. The zero-order chi connectivity index (χ0) is 13.7. The molecule has 19 heavy (non-hydrogen) atoms. The van der Waals surface area contributed by atoms with Crippen molar-refractivity contribution in [2.75, 3.05) is 19.0 Å². The van der Waals surface area contributed by atoms with Gasteiger partial charge in [0.05, 0.1) is 7.11 Å². The Hall–Kier alpha value is -1.30. The van der Waals surface area contributed by atoms with E-state index in [0.717, 1.165) is 28.0 Å². The molecule has 0 aliphatic rings. The fourth-order valence-electron chi connectivity index (χ4n) is 1.77. The first-order valence-electron chi connectivity index (χ1n) is 6.01. The van der Waals surface area contributed by atoms with Crippen molar-refractivity contribution in [3.05, 3.63) is 57.4 Å². The highest BCUT2D eigenvalue weighted by Crippen LogP contribution is 2.19. The van der Waals surface area contributed by atoms with Gasteiger partial charge in [-0.3, -0.25) is 0 Å². The van der Waals surface area contributed by atoms with E-state index in [1.54, 1.807) is 13.2 Å². The third-order valence-electron chi connectivity index (χ3n) is 2.82. The fraction of sp³-hybridized carbons (Fsp3) is 0.200. The molecule has 0 spiro atoms. The van der Waals surface area contributed by atoms with Gasteiger partial charge in [-0.25, -0.2) is 4.39 Å². The smallest absolute Gasteiger partial charge is 0.124 e. The highest BCUT2D eigenvalue weighted by Gasteiger charge is 2.01. The van der Waals surface area contributed by atoms with Gasteiger partial charge in [0, 0.05) is 15.8 Å². The van der Waals surface area contributed by atoms with E-state index >= 15 is 0 Å². The third-order valence-corrected chi connectivity index (χ3v) is 3.71. The summed E-state index contributed by atoms with van der Waals surface area (Å²) < 4.78 is 19.0.